The predicted octanol–water partition coefficient (Wildman–Crippen LogP) is 7.85. The van der Waals surface area contributed by atoms with Crippen molar-refractivity contribution >= 4 is 17.5 Å². The van der Waals surface area contributed by atoms with Gasteiger partial charge in [-0.2, -0.15) is 0 Å². The normalized spacial score (nSPS) is 15.2. The van der Waals surface area contributed by atoms with Crippen LogP contribution in [0.4, 0.5) is 10.1 Å². The summed E-state index contributed by atoms with van der Waals surface area (Å²) in [7, 11) is 0. The standard InChI is InChI=1S/C35H37FN2O3/c1-22-18-27-28(35(4,5)17-16-34(27,2)3)20-24(22)19-25-14-15-31(41-25)33(40)38-30-13-9-7-11-26(30)32(39)37-21-23-10-6-8-12-29(23)36/h6-15,18,20H,16-17,19,21H2,1-5H3,(H,37,39)(H,38,40). The summed E-state index contributed by atoms with van der Waals surface area (Å²) < 4.78 is 19.9. The van der Waals surface area contributed by atoms with Gasteiger partial charge in [0.25, 0.3) is 11.8 Å². The Kier molecular flexibility index (Phi) is 7.60. The molecule has 5 rings (SSSR count). The van der Waals surface area contributed by atoms with E-state index in [0.29, 0.717) is 23.4 Å². The van der Waals surface area contributed by atoms with Crippen LogP contribution >= 0.6 is 0 Å². The molecule has 2 N–H and O–H groups in total. The zero-order valence-corrected chi connectivity index (χ0v) is 24.4. The largest absolute Gasteiger partial charge is 0.456 e. The molecule has 0 radical (unpaired) electrons. The van der Waals surface area contributed by atoms with E-state index >= 15 is 0 Å². The molecule has 1 heterocycles. The number of amides is 2. The van der Waals surface area contributed by atoms with Gasteiger partial charge in [0.1, 0.15) is 11.6 Å². The Balaban J connectivity index is 1.30. The number of hydrogen-bond donors (Lipinski definition) is 2. The summed E-state index contributed by atoms with van der Waals surface area (Å²) in [6.45, 7) is 11.4. The van der Waals surface area contributed by atoms with Crippen molar-refractivity contribution in [1.29, 1.82) is 0 Å². The molecule has 0 aliphatic heterocycles. The molecule has 2 amide bonds. The molecule has 0 bridgehead atoms. The van der Waals surface area contributed by atoms with Gasteiger partial charge in [-0.05, 0) is 83.2 Å². The molecule has 4 aromatic rings. The number of furan rings is 1. The minimum atomic E-state index is -0.448. The summed E-state index contributed by atoms with van der Waals surface area (Å²) >= 11 is 0. The number of aryl methyl sites for hydroxylation is 1. The second-order valence-electron chi connectivity index (χ2n) is 12.3. The van der Waals surface area contributed by atoms with E-state index in [-0.39, 0.29) is 34.5 Å². The van der Waals surface area contributed by atoms with Gasteiger partial charge in [0.15, 0.2) is 5.76 Å². The molecule has 6 heteroatoms. The lowest BCUT2D eigenvalue weighted by atomic mass is 9.62. The number of benzene rings is 3. The monoisotopic (exact) mass is 552 g/mol. The van der Waals surface area contributed by atoms with Crippen LogP contribution in [0, 0.1) is 12.7 Å². The number of para-hydroxylation sites is 1. The second-order valence-corrected chi connectivity index (χ2v) is 12.3. The SMILES string of the molecule is Cc1cc2c(cc1Cc1ccc(C(=O)Nc3ccccc3C(=O)NCc3ccccc3F)o1)C(C)(C)CCC2(C)C. The van der Waals surface area contributed by atoms with E-state index in [2.05, 4.69) is 57.4 Å². The topological polar surface area (TPSA) is 71.3 Å². The van der Waals surface area contributed by atoms with Crippen molar-refractivity contribution in [3.05, 3.63) is 124 Å². The molecule has 0 saturated carbocycles. The summed E-state index contributed by atoms with van der Waals surface area (Å²) in [6.07, 6.45) is 2.89. The Morgan fingerprint density at radius 2 is 1.49 bits per heavy atom. The number of hydrogen-bond acceptors (Lipinski definition) is 3. The third kappa shape index (κ3) is 5.97. The number of nitrogens with one attached hydrogen (secondary N) is 2. The summed E-state index contributed by atoms with van der Waals surface area (Å²) in [5.74, 6) is -0.393. The average molecular weight is 553 g/mol. The Labute approximate surface area is 241 Å². The Bertz CT molecular complexity index is 1620. The molecule has 0 fully saturated rings. The smallest absolute Gasteiger partial charge is 0.291 e. The van der Waals surface area contributed by atoms with Gasteiger partial charge in [0.2, 0.25) is 0 Å². The molecule has 41 heavy (non-hydrogen) atoms. The number of rotatable bonds is 7. The molecule has 0 spiro atoms. The summed E-state index contributed by atoms with van der Waals surface area (Å²) in [4.78, 5) is 26.0. The van der Waals surface area contributed by atoms with Gasteiger partial charge >= 0.3 is 0 Å². The lowest BCUT2D eigenvalue weighted by molar-refractivity contribution is 0.0951. The first kappa shape index (κ1) is 28.3. The van der Waals surface area contributed by atoms with Crippen molar-refractivity contribution in [2.75, 3.05) is 5.32 Å². The summed E-state index contributed by atoms with van der Waals surface area (Å²) in [5.41, 5.74) is 6.48. The van der Waals surface area contributed by atoms with Gasteiger partial charge in [-0.1, -0.05) is 70.2 Å². The van der Waals surface area contributed by atoms with Crippen LogP contribution in [0.15, 0.2) is 77.2 Å². The van der Waals surface area contributed by atoms with Crippen molar-refractivity contribution in [2.24, 2.45) is 0 Å². The second kappa shape index (κ2) is 11.0. The van der Waals surface area contributed by atoms with Gasteiger partial charge in [-0.25, -0.2) is 4.39 Å². The molecule has 1 aliphatic carbocycles. The van der Waals surface area contributed by atoms with Crippen molar-refractivity contribution in [3.63, 3.8) is 0 Å². The van der Waals surface area contributed by atoms with Crippen molar-refractivity contribution < 1.29 is 18.4 Å². The molecule has 1 aromatic heterocycles. The fraction of sp³-hybridized carbons (Fsp3) is 0.314. The highest BCUT2D eigenvalue weighted by molar-refractivity contribution is 6.07. The lowest BCUT2D eigenvalue weighted by Crippen LogP contribution is -2.34. The van der Waals surface area contributed by atoms with Crippen LogP contribution in [0.1, 0.15) is 95.0 Å². The highest BCUT2D eigenvalue weighted by Crippen LogP contribution is 2.46. The summed E-state index contributed by atoms with van der Waals surface area (Å²) in [6, 6.07) is 21.1. The fourth-order valence-electron chi connectivity index (χ4n) is 5.63. The van der Waals surface area contributed by atoms with E-state index in [0.717, 1.165) is 6.42 Å². The van der Waals surface area contributed by atoms with Gasteiger partial charge in [-0.3, -0.25) is 9.59 Å². The van der Waals surface area contributed by atoms with E-state index in [1.54, 1.807) is 48.5 Å². The Hall–Kier alpha value is -4.19. The Morgan fingerprint density at radius 1 is 0.829 bits per heavy atom. The van der Waals surface area contributed by atoms with E-state index in [1.165, 1.54) is 34.7 Å². The first-order valence-electron chi connectivity index (χ1n) is 14.1. The zero-order valence-electron chi connectivity index (χ0n) is 24.4. The fourth-order valence-corrected chi connectivity index (χ4v) is 5.63. The molecular weight excluding hydrogens is 515 g/mol. The average Bonchev–Trinajstić information content (AvgIpc) is 3.41. The quantitative estimate of drug-likeness (QED) is 0.245. The van der Waals surface area contributed by atoms with Crippen LogP contribution in [0.2, 0.25) is 0 Å². The van der Waals surface area contributed by atoms with Crippen molar-refractivity contribution in [1.82, 2.24) is 5.32 Å². The van der Waals surface area contributed by atoms with E-state index < -0.39 is 11.8 Å². The zero-order chi connectivity index (χ0) is 29.4. The van der Waals surface area contributed by atoms with Crippen molar-refractivity contribution in [3.8, 4) is 0 Å². The number of carbonyl (C=O) groups is 2. The number of fused-ring (bicyclic) bond motifs is 1. The van der Waals surface area contributed by atoms with Gasteiger partial charge in [0.05, 0.1) is 11.3 Å². The predicted molar refractivity (Wildman–Crippen MR) is 160 cm³/mol. The highest BCUT2D eigenvalue weighted by Gasteiger charge is 2.37. The van der Waals surface area contributed by atoms with Crippen LogP contribution in [0.3, 0.4) is 0 Å². The lowest BCUT2D eigenvalue weighted by Gasteiger charge is -2.42. The maximum absolute atomic E-state index is 14.0. The molecule has 1 aliphatic rings. The van der Waals surface area contributed by atoms with E-state index in [1.807, 2.05) is 6.07 Å². The molecule has 3 aromatic carbocycles. The molecule has 212 valence electrons. The minimum absolute atomic E-state index is 0.0338. The van der Waals surface area contributed by atoms with Crippen LogP contribution in [-0.4, -0.2) is 11.8 Å². The van der Waals surface area contributed by atoms with Gasteiger partial charge < -0.3 is 15.1 Å². The number of carbonyl (C=O) groups excluding carboxylic acids is 2. The van der Waals surface area contributed by atoms with Crippen LogP contribution in [0.25, 0.3) is 0 Å². The maximum Gasteiger partial charge on any atom is 0.291 e. The third-order valence-electron chi connectivity index (χ3n) is 8.38. The molecule has 0 atom stereocenters. The number of anilines is 1. The Morgan fingerprint density at radius 3 is 2.22 bits per heavy atom. The van der Waals surface area contributed by atoms with Crippen LogP contribution in [-0.2, 0) is 23.8 Å². The molecular formula is C35H37FN2O3. The third-order valence-corrected chi connectivity index (χ3v) is 8.38. The van der Waals surface area contributed by atoms with E-state index in [9.17, 15) is 14.0 Å². The van der Waals surface area contributed by atoms with E-state index in [4.69, 9.17) is 4.42 Å². The number of halogens is 1. The maximum atomic E-state index is 14.0. The van der Waals surface area contributed by atoms with Crippen molar-refractivity contribution in [2.45, 2.75) is 71.3 Å². The van der Waals surface area contributed by atoms with Crippen LogP contribution < -0.4 is 10.6 Å². The molecule has 5 nitrogen and oxygen atoms in total. The first-order valence-corrected chi connectivity index (χ1v) is 14.1. The van der Waals surface area contributed by atoms with Crippen LogP contribution in [0.5, 0.6) is 0 Å². The molecule has 0 unspecified atom stereocenters. The van der Waals surface area contributed by atoms with Gasteiger partial charge in [0, 0.05) is 18.5 Å². The van der Waals surface area contributed by atoms with Gasteiger partial charge in [-0.15, -0.1) is 0 Å². The first-order chi connectivity index (χ1) is 19.4. The highest BCUT2D eigenvalue weighted by atomic mass is 19.1. The minimum Gasteiger partial charge on any atom is -0.456 e. The summed E-state index contributed by atoms with van der Waals surface area (Å²) in [5, 5.41) is 5.52. The molecule has 0 saturated heterocycles.